The first-order chi connectivity index (χ1) is 9.08. The van der Waals surface area contributed by atoms with E-state index in [1.807, 2.05) is 0 Å². The molecule has 0 aliphatic carbocycles. The van der Waals surface area contributed by atoms with E-state index in [0.717, 1.165) is 0 Å². The SMILES string of the molecule is COC(=O)C1NNC(N)C1c1ccc(OC)c(F)c1. The molecule has 3 atom stereocenters. The number of hydrogen-bond donors (Lipinski definition) is 3. The Morgan fingerprint density at radius 2 is 2.11 bits per heavy atom. The summed E-state index contributed by atoms with van der Waals surface area (Å²) in [6.07, 6.45) is -0.517. The van der Waals surface area contributed by atoms with E-state index in [-0.39, 0.29) is 5.75 Å². The van der Waals surface area contributed by atoms with Crippen LogP contribution in [-0.4, -0.2) is 32.4 Å². The van der Waals surface area contributed by atoms with Crippen molar-refractivity contribution in [3.8, 4) is 5.75 Å². The number of methoxy groups -OCH3 is 2. The molecule has 1 aliphatic heterocycles. The van der Waals surface area contributed by atoms with Gasteiger partial charge < -0.3 is 15.2 Å². The average molecular weight is 269 g/mol. The Morgan fingerprint density at radius 3 is 2.68 bits per heavy atom. The van der Waals surface area contributed by atoms with Crippen molar-refractivity contribution in [3.05, 3.63) is 29.6 Å². The van der Waals surface area contributed by atoms with Crippen LogP contribution in [-0.2, 0) is 9.53 Å². The van der Waals surface area contributed by atoms with E-state index in [1.54, 1.807) is 6.07 Å². The molecule has 7 heteroatoms. The van der Waals surface area contributed by atoms with Crippen molar-refractivity contribution in [1.82, 2.24) is 10.9 Å². The average Bonchev–Trinajstić information content (AvgIpc) is 2.79. The molecule has 3 unspecified atom stereocenters. The summed E-state index contributed by atoms with van der Waals surface area (Å²) in [6, 6.07) is 3.84. The highest BCUT2D eigenvalue weighted by atomic mass is 19.1. The number of benzene rings is 1. The lowest BCUT2D eigenvalue weighted by molar-refractivity contribution is -0.143. The fraction of sp³-hybridized carbons (Fsp3) is 0.417. The standard InChI is InChI=1S/C12H16FN3O3/c1-18-8-4-3-6(5-7(8)13)9-10(12(17)19-2)15-16-11(9)14/h3-5,9-11,15-16H,14H2,1-2H3. The Morgan fingerprint density at radius 1 is 1.37 bits per heavy atom. The summed E-state index contributed by atoms with van der Waals surface area (Å²) in [6.45, 7) is 0. The zero-order chi connectivity index (χ0) is 14.0. The summed E-state index contributed by atoms with van der Waals surface area (Å²) < 4.78 is 23.3. The van der Waals surface area contributed by atoms with Gasteiger partial charge in [0.2, 0.25) is 0 Å². The number of nitrogens with two attached hydrogens (primary N) is 1. The zero-order valence-corrected chi connectivity index (χ0v) is 10.6. The third-order valence-corrected chi connectivity index (χ3v) is 3.17. The van der Waals surface area contributed by atoms with E-state index in [0.29, 0.717) is 5.56 Å². The fourth-order valence-corrected chi connectivity index (χ4v) is 2.20. The van der Waals surface area contributed by atoms with Crippen molar-refractivity contribution in [2.24, 2.45) is 5.73 Å². The first-order valence-corrected chi connectivity index (χ1v) is 5.76. The molecule has 104 valence electrons. The molecule has 1 heterocycles. The monoisotopic (exact) mass is 269 g/mol. The first-order valence-electron chi connectivity index (χ1n) is 5.76. The Bertz CT molecular complexity index is 483. The van der Waals surface area contributed by atoms with Crippen LogP contribution < -0.4 is 21.3 Å². The molecule has 0 spiro atoms. The molecule has 0 amide bonds. The number of nitrogens with one attached hydrogen (secondary N) is 2. The minimum absolute atomic E-state index is 0.144. The molecule has 1 saturated heterocycles. The van der Waals surface area contributed by atoms with Gasteiger partial charge in [0.15, 0.2) is 11.6 Å². The molecule has 0 bridgehead atoms. The highest BCUT2D eigenvalue weighted by Gasteiger charge is 2.40. The number of ether oxygens (including phenoxy) is 2. The lowest BCUT2D eigenvalue weighted by Crippen LogP contribution is -2.39. The van der Waals surface area contributed by atoms with Crippen molar-refractivity contribution in [2.45, 2.75) is 18.1 Å². The van der Waals surface area contributed by atoms with Crippen LogP contribution in [0.2, 0.25) is 0 Å². The summed E-state index contributed by atoms with van der Waals surface area (Å²) in [5.74, 6) is -1.23. The third kappa shape index (κ3) is 2.53. The van der Waals surface area contributed by atoms with Crippen LogP contribution in [0.4, 0.5) is 4.39 Å². The maximum atomic E-state index is 13.7. The minimum atomic E-state index is -0.659. The van der Waals surface area contributed by atoms with Gasteiger partial charge in [-0.05, 0) is 17.7 Å². The van der Waals surface area contributed by atoms with Crippen LogP contribution in [0.5, 0.6) is 5.75 Å². The summed E-state index contributed by atoms with van der Waals surface area (Å²) >= 11 is 0. The van der Waals surface area contributed by atoms with E-state index < -0.39 is 29.9 Å². The predicted octanol–water partition coefficient (Wildman–Crippen LogP) is -0.148. The molecule has 0 aromatic heterocycles. The molecular formula is C12H16FN3O3. The summed E-state index contributed by atoms with van der Waals surface area (Å²) in [5, 5.41) is 0. The summed E-state index contributed by atoms with van der Waals surface area (Å²) in [7, 11) is 2.68. The second-order valence-electron chi connectivity index (χ2n) is 4.24. The molecule has 2 rings (SSSR count). The van der Waals surface area contributed by atoms with Crippen LogP contribution in [0.25, 0.3) is 0 Å². The van der Waals surface area contributed by atoms with Gasteiger partial charge in [-0.3, -0.25) is 4.79 Å². The number of carbonyl (C=O) groups is 1. The number of rotatable bonds is 3. The van der Waals surface area contributed by atoms with Crippen molar-refractivity contribution in [3.63, 3.8) is 0 Å². The van der Waals surface area contributed by atoms with Crippen molar-refractivity contribution in [1.29, 1.82) is 0 Å². The number of halogens is 1. The van der Waals surface area contributed by atoms with Gasteiger partial charge in [-0.15, -0.1) is 0 Å². The van der Waals surface area contributed by atoms with Gasteiger partial charge in [-0.1, -0.05) is 6.07 Å². The molecule has 19 heavy (non-hydrogen) atoms. The van der Waals surface area contributed by atoms with E-state index in [1.165, 1.54) is 26.4 Å². The van der Waals surface area contributed by atoms with Crippen molar-refractivity contribution < 1.29 is 18.7 Å². The lowest BCUT2D eigenvalue weighted by atomic mass is 9.90. The van der Waals surface area contributed by atoms with E-state index in [9.17, 15) is 9.18 Å². The molecule has 0 radical (unpaired) electrons. The van der Waals surface area contributed by atoms with E-state index >= 15 is 0 Å². The van der Waals surface area contributed by atoms with Crippen LogP contribution in [0.3, 0.4) is 0 Å². The number of hydrazine groups is 1. The molecule has 4 N–H and O–H groups in total. The zero-order valence-electron chi connectivity index (χ0n) is 10.6. The summed E-state index contributed by atoms with van der Waals surface area (Å²) in [4.78, 5) is 11.7. The maximum absolute atomic E-state index is 13.7. The predicted molar refractivity (Wildman–Crippen MR) is 65.7 cm³/mol. The summed E-state index contributed by atoms with van der Waals surface area (Å²) in [5.41, 5.74) is 12.0. The molecular weight excluding hydrogens is 253 g/mol. The Kier molecular flexibility index (Phi) is 3.98. The Hall–Kier alpha value is -1.70. The van der Waals surface area contributed by atoms with Crippen molar-refractivity contribution in [2.75, 3.05) is 14.2 Å². The van der Waals surface area contributed by atoms with Gasteiger partial charge in [0.05, 0.1) is 20.4 Å². The van der Waals surface area contributed by atoms with Crippen LogP contribution in [0, 0.1) is 5.82 Å². The molecule has 1 aromatic rings. The second-order valence-corrected chi connectivity index (χ2v) is 4.24. The minimum Gasteiger partial charge on any atom is -0.494 e. The highest BCUT2D eigenvalue weighted by Crippen LogP contribution is 2.29. The normalized spacial score (nSPS) is 26.2. The van der Waals surface area contributed by atoms with Crippen LogP contribution in [0.15, 0.2) is 18.2 Å². The first kappa shape index (κ1) is 13.7. The Balaban J connectivity index is 2.32. The van der Waals surface area contributed by atoms with Gasteiger partial charge in [0, 0.05) is 5.92 Å². The van der Waals surface area contributed by atoms with Gasteiger partial charge >= 0.3 is 5.97 Å². The van der Waals surface area contributed by atoms with Gasteiger partial charge in [0.1, 0.15) is 6.04 Å². The van der Waals surface area contributed by atoms with E-state index in [2.05, 4.69) is 10.9 Å². The smallest absolute Gasteiger partial charge is 0.324 e. The number of carbonyl (C=O) groups excluding carboxylic acids is 1. The topological polar surface area (TPSA) is 85.6 Å². The van der Waals surface area contributed by atoms with Crippen LogP contribution >= 0.6 is 0 Å². The molecule has 6 nitrogen and oxygen atoms in total. The molecule has 1 fully saturated rings. The quantitative estimate of drug-likeness (QED) is 0.662. The lowest BCUT2D eigenvalue weighted by Gasteiger charge is -2.19. The largest absolute Gasteiger partial charge is 0.494 e. The second kappa shape index (κ2) is 5.52. The highest BCUT2D eigenvalue weighted by molar-refractivity contribution is 5.77. The van der Waals surface area contributed by atoms with Gasteiger partial charge in [-0.2, -0.15) is 0 Å². The molecule has 0 saturated carbocycles. The maximum Gasteiger partial charge on any atom is 0.324 e. The number of esters is 1. The van der Waals surface area contributed by atoms with Gasteiger partial charge in [0.25, 0.3) is 0 Å². The van der Waals surface area contributed by atoms with E-state index in [4.69, 9.17) is 15.2 Å². The van der Waals surface area contributed by atoms with Crippen LogP contribution in [0.1, 0.15) is 11.5 Å². The Labute approximate surface area is 110 Å². The van der Waals surface area contributed by atoms with Gasteiger partial charge in [-0.25, -0.2) is 15.2 Å². The van der Waals surface area contributed by atoms with Crippen molar-refractivity contribution >= 4 is 5.97 Å². The fourth-order valence-electron chi connectivity index (χ4n) is 2.20. The molecule has 1 aromatic carbocycles. The number of hydrogen-bond acceptors (Lipinski definition) is 6. The third-order valence-electron chi connectivity index (χ3n) is 3.17. The molecule has 1 aliphatic rings.